The highest BCUT2D eigenvalue weighted by Gasteiger charge is 2.38. The molecule has 1 aromatic carbocycles. The molecule has 2 heterocycles. The zero-order valence-electron chi connectivity index (χ0n) is 12.8. The van der Waals surface area contributed by atoms with E-state index in [9.17, 15) is 9.18 Å². The number of rotatable bonds is 4. The molecule has 1 aromatic heterocycles. The number of H-pyrrole nitrogens is 1. The van der Waals surface area contributed by atoms with Gasteiger partial charge < -0.3 is 14.4 Å². The van der Waals surface area contributed by atoms with E-state index in [1.165, 1.54) is 31.6 Å². The molecule has 1 N–H and O–H groups in total. The molecule has 0 unspecified atom stereocenters. The van der Waals surface area contributed by atoms with Crippen LogP contribution in [-0.4, -0.2) is 52.9 Å². The average Bonchev–Trinajstić information content (AvgIpc) is 3.23. The first-order valence-corrected chi connectivity index (χ1v) is 7.16. The molecule has 7 nitrogen and oxygen atoms in total. The summed E-state index contributed by atoms with van der Waals surface area (Å²) in [5, 5.41) is 6.64. The van der Waals surface area contributed by atoms with Gasteiger partial charge in [0.2, 0.25) is 0 Å². The molecule has 2 atom stereocenters. The van der Waals surface area contributed by atoms with Crippen molar-refractivity contribution in [2.75, 3.05) is 20.8 Å². The minimum Gasteiger partial charge on any atom is -0.494 e. The van der Waals surface area contributed by atoms with Crippen LogP contribution in [0.25, 0.3) is 0 Å². The molecule has 3 rings (SSSR count). The maximum absolute atomic E-state index is 13.5. The van der Waals surface area contributed by atoms with Gasteiger partial charge in [0.15, 0.2) is 11.6 Å². The lowest BCUT2D eigenvalue weighted by Gasteiger charge is -2.23. The Labute approximate surface area is 132 Å². The van der Waals surface area contributed by atoms with Gasteiger partial charge in [0.25, 0.3) is 5.91 Å². The summed E-state index contributed by atoms with van der Waals surface area (Å²) in [5.41, 5.74) is 0.351. The summed E-state index contributed by atoms with van der Waals surface area (Å²) in [7, 11) is 2.97. The predicted molar refractivity (Wildman–Crippen MR) is 78.5 cm³/mol. The van der Waals surface area contributed by atoms with Crippen molar-refractivity contribution >= 4 is 5.91 Å². The number of benzene rings is 1. The number of nitrogens with zero attached hydrogens (tertiary/aromatic N) is 3. The number of likely N-dealkylation sites (tertiary alicyclic amines) is 1. The van der Waals surface area contributed by atoms with Crippen molar-refractivity contribution < 1.29 is 18.7 Å². The first-order valence-electron chi connectivity index (χ1n) is 7.16. The summed E-state index contributed by atoms with van der Waals surface area (Å²) in [6, 6.07) is 3.80. The van der Waals surface area contributed by atoms with Crippen molar-refractivity contribution in [3.63, 3.8) is 0 Å². The third-order valence-corrected chi connectivity index (χ3v) is 4.00. The standard InChI is InChI=1S/C15H17FN4O3/c1-22-10-6-12(14-17-8-18-19-14)20(7-10)15(21)9-3-4-11(16)13(5-9)23-2/h3-5,8,10,12H,6-7H2,1-2H3,(H,17,18,19)/t10-,12+/m1/s1. The molecule has 1 saturated heterocycles. The second-order valence-electron chi connectivity index (χ2n) is 5.29. The van der Waals surface area contributed by atoms with Gasteiger partial charge in [-0.2, -0.15) is 5.10 Å². The number of methoxy groups -OCH3 is 2. The third kappa shape index (κ3) is 2.89. The number of carbonyl (C=O) groups is 1. The molecule has 1 fully saturated rings. The van der Waals surface area contributed by atoms with Crippen LogP contribution in [0, 0.1) is 5.82 Å². The number of nitrogens with one attached hydrogen (secondary N) is 1. The van der Waals surface area contributed by atoms with Crippen molar-refractivity contribution in [3.05, 3.63) is 41.7 Å². The Bertz CT molecular complexity index is 692. The molecule has 0 aliphatic carbocycles. The Morgan fingerprint density at radius 2 is 2.26 bits per heavy atom. The highest BCUT2D eigenvalue weighted by atomic mass is 19.1. The number of amides is 1. The number of hydrogen-bond acceptors (Lipinski definition) is 5. The average molecular weight is 320 g/mol. The highest BCUT2D eigenvalue weighted by molar-refractivity contribution is 5.95. The summed E-state index contributed by atoms with van der Waals surface area (Å²) in [6.07, 6.45) is 1.94. The molecule has 0 spiro atoms. The van der Waals surface area contributed by atoms with Crippen LogP contribution < -0.4 is 4.74 Å². The molecule has 8 heteroatoms. The van der Waals surface area contributed by atoms with Gasteiger partial charge in [0.1, 0.15) is 12.2 Å². The van der Waals surface area contributed by atoms with Crippen LogP contribution in [0.3, 0.4) is 0 Å². The van der Waals surface area contributed by atoms with Crippen LogP contribution in [0.4, 0.5) is 4.39 Å². The van der Waals surface area contributed by atoms with Crippen molar-refractivity contribution in [2.24, 2.45) is 0 Å². The summed E-state index contributed by atoms with van der Waals surface area (Å²) < 4.78 is 23.9. The third-order valence-electron chi connectivity index (χ3n) is 4.00. The Hall–Kier alpha value is -2.48. The lowest BCUT2D eigenvalue weighted by atomic mass is 10.1. The van der Waals surface area contributed by atoms with Gasteiger partial charge in [0.05, 0.1) is 19.3 Å². The number of aromatic amines is 1. The Balaban J connectivity index is 1.90. The zero-order valence-corrected chi connectivity index (χ0v) is 12.8. The highest BCUT2D eigenvalue weighted by Crippen LogP contribution is 2.33. The largest absolute Gasteiger partial charge is 0.494 e. The molecule has 122 valence electrons. The van der Waals surface area contributed by atoms with Gasteiger partial charge in [-0.3, -0.25) is 9.89 Å². The molecular weight excluding hydrogens is 303 g/mol. The molecular formula is C15H17FN4O3. The molecule has 1 amide bonds. The second kappa shape index (κ2) is 6.33. The van der Waals surface area contributed by atoms with Gasteiger partial charge in [-0.05, 0) is 18.2 Å². The number of hydrogen-bond donors (Lipinski definition) is 1. The van der Waals surface area contributed by atoms with Crippen molar-refractivity contribution in [1.29, 1.82) is 0 Å². The van der Waals surface area contributed by atoms with E-state index in [0.29, 0.717) is 24.4 Å². The van der Waals surface area contributed by atoms with Gasteiger partial charge in [0, 0.05) is 25.6 Å². The van der Waals surface area contributed by atoms with Gasteiger partial charge in [-0.15, -0.1) is 0 Å². The van der Waals surface area contributed by atoms with E-state index in [1.807, 2.05) is 0 Å². The summed E-state index contributed by atoms with van der Waals surface area (Å²) >= 11 is 0. The molecule has 0 radical (unpaired) electrons. The van der Waals surface area contributed by atoms with E-state index in [0.717, 1.165) is 0 Å². The topological polar surface area (TPSA) is 80.3 Å². The monoisotopic (exact) mass is 320 g/mol. The minimum atomic E-state index is -0.507. The number of aromatic nitrogens is 3. The lowest BCUT2D eigenvalue weighted by molar-refractivity contribution is 0.0684. The van der Waals surface area contributed by atoms with E-state index in [1.54, 1.807) is 12.0 Å². The summed E-state index contributed by atoms with van der Waals surface area (Å²) in [5.74, 6) is -0.0993. The molecule has 0 bridgehead atoms. The van der Waals surface area contributed by atoms with Crippen molar-refractivity contribution in [3.8, 4) is 5.75 Å². The van der Waals surface area contributed by atoms with Crippen molar-refractivity contribution in [2.45, 2.75) is 18.6 Å². The molecule has 23 heavy (non-hydrogen) atoms. The van der Waals surface area contributed by atoms with E-state index in [4.69, 9.17) is 9.47 Å². The van der Waals surface area contributed by atoms with Gasteiger partial charge >= 0.3 is 0 Å². The van der Waals surface area contributed by atoms with Crippen LogP contribution in [0.15, 0.2) is 24.5 Å². The van der Waals surface area contributed by atoms with Crippen molar-refractivity contribution in [1.82, 2.24) is 20.1 Å². The van der Waals surface area contributed by atoms with Crippen LogP contribution in [0.5, 0.6) is 5.75 Å². The van der Waals surface area contributed by atoms with Gasteiger partial charge in [-0.1, -0.05) is 0 Å². The van der Waals surface area contributed by atoms with E-state index < -0.39 is 5.82 Å². The van der Waals surface area contributed by atoms with Crippen LogP contribution in [0.2, 0.25) is 0 Å². The first kappa shape index (κ1) is 15.4. The molecule has 1 aliphatic rings. The quantitative estimate of drug-likeness (QED) is 0.924. The Morgan fingerprint density at radius 3 is 2.91 bits per heavy atom. The van der Waals surface area contributed by atoms with Crippen LogP contribution in [-0.2, 0) is 4.74 Å². The fraction of sp³-hybridized carbons (Fsp3) is 0.400. The Kier molecular flexibility index (Phi) is 4.24. The summed E-state index contributed by atoms with van der Waals surface area (Å²) in [4.78, 5) is 18.6. The fourth-order valence-electron chi connectivity index (χ4n) is 2.79. The minimum absolute atomic E-state index is 0.0366. The maximum Gasteiger partial charge on any atom is 0.254 e. The van der Waals surface area contributed by atoms with E-state index in [-0.39, 0.29) is 23.8 Å². The van der Waals surface area contributed by atoms with Gasteiger partial charge in [-0.25, -0.2) is 9.37 Å². The number of halogens is 1. The lowest BCUT2D eigenvalue weighted by Crippen LogP contribution is -2.32. The van der Waals surface area contributed by atoms with Crippen LogP contribution in [0.1, 0.15) is 28.6 Å². The zero-order chi connectivity index (χ0) is 16.4. The predicted octanol–water partition coefficient (Wildman–Crippen LogP) is 1.55. The summed E-state index contributed by atoms with van der Waals surface area (Å²) in [6.45, 7) is 0.431. The Morgan fingerprint density at radius 1 is 1.43 bits per heavy atom. The van der Waals surface area contributed by atoms with E-state index >= 15 is 0 Å². The smallest absolute Gasteiger partial charge is 0.254 e. The maximum atomic E-state index is 13.5. The number of ether oxygens (including phenoxy) is 2. The first-order chi connectivity index (χ1) is 11.1. The normalized spacial score (nSPS) is 20.7. The fourth-order valence-corrected chi connectivity index (χ4v) is 2.79. The molecule has 0 saturated carbocycles. The second-order valence-corrected chi connectivity index (χ2v) is 5.29. The molecule has 2 aromatic rings. The molecule has 1 aliphatic heterocycles. The van der Waals surface area contributed by atoms with Crippen LogP contribution >= 0.6 is 0 Å². The SMILES string of the molecule is COc1cc(C(=O)N2C[C@H](OC)C[C@H]2c2ncn[nH]2)ccc1F. The van der Waals surface area contributed by atoms with E-state index in [2.05, 4.69) is 15.2 Å². The number of carbonyl (C=O) groups excluding carboxylic acids is 1.